The van der Waals surface area contributed by atoms with Crippen LogP contribution < -0.4 is 10.6 Å². The summed E-state index contributed by atoms with van der Waals surface area (Å²) in [6.07, 6.45) is 0. The van der Waals surface area contributed by atoms with Crippen molar-refractivity contribution >= 4 is 29.3 Å². The minimum Gasteiger partial charge on any atom is -0.346 e. The second kappa shape index (κ2) is 9.53. The monoisotopic (exact) mass is 375 g/mol. The van der Waals surface area contributed by atoms with E-state index in [2.05, 4.69) is 10.6 Å². The van der Waals surface area contributed by atoms with Crippen LogP contribution in [0.1, 0.15) is 11.1 Å². The number of benzene rings is 2. The maximum Gasteiger partial charge on any atom is 0.243 e. The Morgan fingerprint density at radius 2 is 1.77 bits per heavy atom. The fourth-order valence-electron chi connectivity index (χ4n) is 1.95. The van der Waals surface area contributed by atoms with E-state index in [1.54, 1.807) is 12.1 Å². The maximum atomic E-state index is 13.1. The van der Waals surface area contributed by atoms with Crippen LogP contribution in [-0.2, 0) is 15.3 Å². The summed E-state index contributed by atoms with van der Waals surface area (Å²) >= 11 is 1.37. The molecule has 0 radical (unpaired) electrons. The van der Waals surface area contributed by atoms with Crippen LogP contribution in [-0.4, -0.2) is 24.1 Å². The Morgan fingerprint density at radius 1 is 1.04 bits per heavy atom. The van der Waals surface area contributed by atoms with Gasteiger partial charge in [0.2, 0.25) is 11.8 Å². The third-order valence-electron chi connectivity index (χ3n) is 3.23. The van der Waals surface area contributed by atoms with E-state index in [9.17, 15) is 18.4 Å². The van der Waals surface area contributed by atoms with Crippen LogP contribution in [0.25, 0.3) is 0 Å². The highest BCUT2D eigenvalue weighted by Gasteiger charge is 2.08. The second-order valence-corrected chi connectivity index (χ2v) is 6.24. The zero-order valence-electron chi connectivity index (χ0n) is 13.6. The van der Waals surface area contributed by atoms with Crippen LogP contribution in [0.15, 0.2) is 42.5 Å². The largest absolute Gasteiger partial charge is 0.346 e. The van der Waals surface area contributed by atoms with Crippen LogP contribution >= 0.6 is 11.8 Å². The highest BCUT2D eigenvalue weighted by Crippen LogP contribution is 2.13. The summed E-state index contributed by atoms with van der Waals surface area (Å²) < 4.78 is 25.9. The summed E-state index contributed by atoms with van der Waals surface area (Å²) in [5.74, 6) is -2.16. The van der Waals surface area contributed by atoms with Gasteiger partial charge in [-0.1, -0.05) is 12.1 Å². The Morgan fingerprint density at radius 3 is 2.42 bits per heavy atom. The summed E-state index contributed by atoms with van der Waals surface area (Å²) in [5, 5.41) is 13.5. The number of hydrogen-bond acceptors (Lipinski definition) is 4. The Labute approximate surface area is 153 Å². The van der Waals surface area contributed by atoms with Gasteiger partial charge in [0.05, 0.1) is 23.9 Å². The first kappa shape index (κ1) is 19.4. The topological polar surface area (TPSA) is 82.0 Å². The molecule has 0 atom stereocenters. The van der Waals surface area contributed by atoms with Crippen molar-refractivity contribution < 1.29 is 18.4 Å². The van der Waals surface area contributed by atoms with Gasteiger partial charge in [0.25, 0.3) is 0 Å². The van der Waals surface area contributed by atoms with Crippen LogP contribution in [0.2, 0.25) is 0 Å². The predicted octanol–water partition coefficient (Wildman–Crippen LogP) is 2.82. The average Bonchev–Trinajstić information content (AvgIpc) is 2.63. The molecule has 2 amide bonds. The maximum absolute atomic E-state index is 13.1. The number of nitrogens with one attached hydrogen (secondary N) is 2. The van der Waals surface area contributed by atoms with E-state index in [-0.39, 0.29) is 23.9 Å². The SMILES string of the molecule is N#Cc1ccc(CSCC(=O)NCC(=O)Nc2ccc(F)c(F)c2)cc1. The minimum absolute atomic E-state index is 0.110. The van der Waals surface area contributed by atoms with Crippen molar-refractivity contribution in [2.45, 2.75) is 5.75 Å². The highest BCUT2D eigenvalue weighted by atomic mass is 32.2. The first-order valence-corrected chi connectivity index (χ1v) is 8.72. The number of nitriles is 1. The molecule has 0 bridgehead atoms. The van der Waals surface area contributed by atoms with Crippen molar-refractivity contribution in [1.82, 2.24) is 5.32 Å². The molecular weight excluding hydrogens is 360 g/mol. The second-order valence-electron chi connectivity index (χ2n) is 5.26. The van der Waals surface area contributed by atoms with Gasteiger partial charge in [-0.15, -0.1) is 11.8 Å². The van der Waals surface area contributed by atoms with Crippen molar-refractivity contribution in [2.24, 2.45) is 0 Å². The number of hydrogen-bond donors (Lipinski definition) is 2. The van der Waals surface area contributed by atoms with Gasteiger partial charge >= 0.3 is 0 Å². The molecule has 0 saturated carbocycles. The first-order valence-electron chi connectivity index (χ1n) is 7.56. The molecule has 0 aromatic heterocycles. The van der Waals surface area contributed by atoms with E-state index in [4.69, 9.17) is 5.26 Å². The lowest BCUT2D eigenvalue weighted by Gasteiger charge is -2.07. The van der Waals surface area contributed by atoms with Gasteiger partial charge < -0.3 is 10.6 Å². The lowest BCUT2D eigenvalue weighted by molar-refractivity contribution is -0.122. The molecule has 5 nitrogen and oxygen atoms in total. The Hall–Kier alpha value is -2.92. The Bertz CT molecular complexity index is 835. The molecule has 2 rings (SSSR count). The molecule has 2 aromatic carbocycles. The Kier molecular flexibility index (Phi) is 7.12. The number of nitrogens with zero attached hydrogens (tertiary/aromatic N) is 1. The molecule has 8 heteroatoms. The zero-order chi connectivity index (χ0) is 18.9. The summed E-state index contributed by atoms with van der Waals surface area (Å²) in [4.78, 5) is 23.4. The molecular formula is C18H15F2N3O2S. The summed E-state index contributed by atoms with van der Waals surface area (Å²) in [6, 6.07) is 12.1. The molecule has 0 aliphatic heterocycles. The van der Waals surface area contributed by atoms with E-state index in [0.717, 1.165) is 17.7 Å². The molecule has 0 heterocycles. The van der Waals surface area contributed by atoms with Gasteiger partial charge in [0, 0.05) is 17.5 Å². The number of anilines is 1. The van der Waals surface area contributed by atoms with E-state index < -0.39 is 17.5 Å². The van der Waals surface area contributed by atoms with Crippen molar-refractivity contribution in [3.63, 3.8) is 0 Å². The number of halogens is 2. The fourth-order valence-corrected chi connectivity index (χ4v) is 2.76. The molecule has 0 saturated heterocycles. The molecule has 2 N–H and O–H groups in total. The number of amides is 2. The minimum atomic E-state index is -1.06. The molecule has 26 heavy (non-hydrogen) atoms. The summed E-state index contributed by atoms with van der Waals surface area (Å²) in [7, 11) is 0. The lowest BCUT2D eigenvalue weighted by atomic mass is 10.2. The highest BCUT2D eigenvalue weighted by molar-refractivity contribution is 7.99. The molecule has 0 fully saturated rings. The van der Waals surface area contributed by atoms with E-state index in [1.807, 2.05) is 18.2 Å². The number of carbonyl (C=O) groups is 2. The van der Waals surface area contributed by atoms with Crippen molar-refractivity contribution in [1.29, 1.82) is 5.26 Å². The smallest absolute Gasteiger partial charge is 0.243 e. The van der Waals surface area contributed by atoms with Gasteiger partial charge in [-0.3, -0.25) is 9.59 Å². The fraction of sp³-hybridized carbons (Fsp3) is 0.167. The standard InChI is InChI=1S/C18H15F2N3O2S/c19-15-6-5-14(7-16(15)20)23-17(24)9-22-18(25)11-26-10-13-3-1-12(8-21)2-4-13/h1-7H,9-11H2,(H,22,25)(H,23,24). The Balaban J connectivity index is 1.68. The molecule has 0 aliphatic carbocycles. The quantitative estimate of drug-likeness (QED) is 0.780. The number of rotatable bonds is 7. The number of thioether (sulfide) groups is 1. The zero-order valence-corrected chi connectivity index (χ0v) is 14.4. The first-order chi connectivity index (χ1) is 12.5. The van der Waals surface area contributed by atoms with Gasteiger partial charge in [-0.05, 0) is 29.8 Å². The van der Waals surface area contributed by atoms with Gasteiger partial charge in [0.1, 0.15) is 0 Å². The molecule has 0 aliphatic rings. The average molecular weight is 375 g/mol. The number of carbonyl (C=O) groups excluding carboxylic acids is 2. The van der Waals surface area contributed by atoms with E-state index in [1.165, 1.54) is 17.8 Å². The normalized spacial score (nSPS) is 10.0. The molecule has 2 aromatic rings. The van der Waals surface area contributed by atoms with Crippen molar-refractivity contribution in [2.75, 3.05) is 17.6 Å². The molecule has 0 spiro atoms. The lowest BCUT2D eigenvalue weighted by Crippen LogP contribution is -2.33. The van der Waals surface area contributed by atoms with Gasteiger partial charge in [-0.2, -0.15) is 5.26 Å². The molecule has 134 valence electrons. The summed E-state index contributed by atoms with van der Waals surface area (Å²) in [5.41, 5.74) is 1.67. The van der Waals surface area contributed by atoms with Crippen LogP contribution in [0, 0.1) is 23.0 Å². The van der Waals surface area contributed by atoms with Crippen molar-refractivity contribution in [3.8, 4) is 6.07 Å². The van der Waals surface area contributed by atoms with Crippen LogP contribution in [0.5, 0.6) is 0 Å². The van der Waals surface area contributed by atoms with E-state index >= 15 is 0 Å². The van der Waals surface area contributed by atoms with Crippen LogP contribution in [0.4, 0.5) is 14.5 Å². The van der Waals surface area contributed by atoms with Gasteiger partial charge in [0.15, 0.2) is 11.6 Å². The molecule has 0 unspecified atom stereocenters. The third kappa shape index (κ3) is 6.18. The van der Waals surface area contributed by atoms with Gasteiger partial charge in [-0.25, -0.2) is 8.78 Å². The van der Waals surface area contributed by atoms with Crippen molar-refractivity contribution in [3.05, 3.63) is 65.2 Å². The predicted molar refractivity (Wildman–Crippen MR) is 95.3 cm³/mol. The van der Waals surface area contributed by atoms with E-state index in [0.29, 0.717) is 11.3 Å². The third-order valence-corrected chi connectivity index (χ3v) is 4.24. The van der Waals surface area contributed by atoms with Crippen LogP contribution in [0.3, 0.4) is 0 Å². The summed E-state index contributed by atoms with van der Waals surface area (Å²) in [6.45, 7) is -0.269.